The van der Waals surface area contributed by atoms with E-state index in [0.717, 1.165) is 5.39 Å². The molecule has 2 amide bonds. The molecule has 4 nitrogen and oxygen atoms in total. The fourth-order valence-electron chi connectivity index (χ4n) is 2.84. The topological polar surface area (TPSA) is 61.2 Å². The summed E-state index contributed by atoms with van der Waals surface area (Å²) < 4.78 is 0. The van der Waals surface area contributed by atoms with Crippen LogP contribution in [0.3, 0.4) is 0 Å². The van der Waals surface area contributed by atoms with Gasteiger partial charge < -0.3 is 0 Å². The predicted octanol–water partition coefficient (Wildman–Crippen LogP) is 3.35. The standard InChI is InChI=1S/C18H16N2O2/c1-18(2,3)10-20-16(21)13-6-4-5-12-7-11(9-19)8-14(15(12)13)17(20)22/h4-8H,10H2,1-3H3. The van der Waals surface area contributed by atoms with Crippen LogP contribution in [0.4, 0.5) is 0 Å². The third-order valence-electron chi connectivity index (χ3n) is 3.69. The Balaban J connectivity index is 2.27. The lowest BCUT2D eigenvalue weighted by atomic mass is 9.89. The zero-order valence-corrected chi connectivity index (χ0v) is 12.8. The Morgan fingerprint density at radius 2 is 1.77 bits per heavy atom. The highest BCUT2D eigenvalue weighted by molar-refractivity contribution is 6.25. The Hall–Kier alpha value is -2.67. The van der Waals surface area contributed by atoms with Crippen molar-refractivity contribution in [3.63, 3.8) is 0 Å². The molecule has 1 heterocycles. The van der Waals surface area contributed by atoms with Gasteiger partial charge in [-0.2, -0.15) is 5.26 Å². The molecular formula is C18H16N2O2. The van der Waals surface area contributed by atoms with Crippen LogP contribution >= 0.6 is 0 Å². The van der Waals surface area contributed by atoms with Gasteiger partial charge in [-0.05, 0) is 29.0 Å². The van der Waals surface area contributed by atoms with Crippen LogP contribution in [0.5, 0.6) is 0 Å². The lowest BCUT2D eigenvalue weighted by molar-refractivity contribution is 0.0555. The van der Waals surface area contributed by atoms with Gasteiger partial charge in [0.25, 0.3) is 11.8 Å². The summed E-state index contributed by atoms with van der Waals surface area (Å²) in [6.45, 7) is 6.29. The first-order valence-electron chi connectivity index (χ1n) is 7.15. The zero-order chi connectivity index (χ0) is 16.1. The molecule has 0 spiro atoms. The highest BCUT2D eigenvalue weighted by Gasteiger charge is 2.35. The van der Waals surface area contributed by atoms with Gasteiger partial charge in [-0.25, -0.2) is 0 Å². The summed E-state index contributed by atoms with van der Waals surface area (Å²) in [5.74, 6) is -0.580. The lowest BCUT2D eigenvalue weighted by Gasteiger charge is -2.32. The maximum absolute atomic E-state index is 12.8. The van der Waals surface area contributed by atoms with Gasteiger partial charge in [0.1, 0.15) is 0 Å². The monoisotopic (exact) mass is 292 g/mol. The molecule has 2 aromatic rings. The molecule has 0 saturated carbocycles. The zero-order valence-electron chi connectivity index (χ0n) is 12.8. The van der Waals surface area contributed by atoms with Crippen molar-refractivity contribution < 1.29 is 9.59 Å². The molecule has 4 heteroatoms. The van der Waals surface area contributed by atoms with Crippen LogP contribution in [0.15, 0.2) is 30.3 Å². The quantitative estimate of drug-likeness (QED) is 0.757. The van der Waals surface area contributed by atoms with Crippen molar-refractivity contribution in [1.29, 1.82) is 5.26 Å². The minimum atomic E-state index is -0.319. The van der Waals surface area contributed by atoms with Crippen molar-refractivity contribution in [1.82, 2.24) is 4.90 Å². The average molecular weight is 292 g/mol. The number of amides is 2. The van der Waals surface area contributed by atoms with Crippen molar-refractivity contribution in [2.75, 3.05) is 6.54 Å². The van der Waals surface area contributed by atoms with E-state index in [4.69, 9.17) is 5.26 Å². The minimum Gasteiger partial charge on any atom is -0.274 e. The molecule has 0 radical (unpaired) electrons. The van der Waals surface area contributed by atoms with Crippen LogP contribution in [-0.2, 0) is 0 Å². The average Bonchev–Trinajstić information content (AvgIpc) is 2.47. The van der Waals surface area contributed by atoms with E-state index < -0.39 is 0 Å². The first-order valence-corrected chi connectivity index (χ1v) is 7.15. The predicted molar refractivity (Wildman–Crippen MR) is 83.5 cm³/mol. The molecule has 0 aromatic heterocycles. The number of hydrogen-bond donors (Lipinski definition) is 0. The molecule has 0 aliphatic carbocycles. The second kappa shape index (κ2) is 4.67. The van der Waals surface area contributed by atoms with Gasteiger partial charge in [0, 0.05) is 23.1 Å². The fourth-order valence-corrected chi connectivity index (χ4v) is 2.84. The van der Waals surface area contributed by atoms with Gasteiger partial charge in [0.05, 0.1) is 11.6 Å². The number of rotatable bonds is 1. The summed E-state index contributed by atoms with van der Waals surface area (Å²) >= 11 is 0. The van der Waals surface area contributed by atoms with Crippen LogP contribution in [0.25, 0.3) is 10.8 Å². The van der Waals surface area contributed by atoms with E-state index in [1.54, 1.807) is 24.3 Å². The van der Waals surface area contributed by atoms with Gasteiger partial charge >= 0.3 is 0 Å². The molecule has 1 aliphatic heterocycles. The Bertz CT molecular complexity index is 854. The molecule has 110 valence electrons. The SMILES string of the molecule is CC(C)(C)CN1C(=O)c2cccc3cc(C#N)cc(c23)C1=O. The van der Waals surface area contributed by atoms with E-state index in [9.17, 15) is 9.59 Å². The van der Waals surface area contributed by atoms with Crippen LogP contribution in [0.2, 0.25) is 0 Å². The van der Waals surface area contributed by atoms with Gasteiger partial charge in [0.2, 0.25) is 0 Å². The van der Waals surface area contributed by atoms with E-state index in [0.29, 0.717) is 28.6 Å². The van der Waals surface area contributed by atoms with E-state index in [1.165, 1.54) is 4.90 Å². The van der Waals surface area contributed by atoms with E-state index in [1.807, 2.05) is 26.8 Å². The minimum absolute atomic E-state index is 0.191. The second-order valence-electron chi connectivity index (χ2n) is 6.80. The largest absolute Gasteiger partial charge is 0.274 e. The normalized spacial score (nSPS) is 14.4. The molecule has 0 N–H and O–H groups in total. The van der Waals surface area contributed by atoms with E-state index >= 15 is 0 Å². The van der Waals surface area contributed by atoms with Crippen molar-refractivity contribution in [3.05, 3.63) is 47.0 Å². The van der Waals surface area contributed by atoms with Gasteiger partial charge in [-0.3, -0.25) is 14.5 Å². The molecule has 0 atom stereocenters. The summed E-state index contributed by atoms with van der Waals surface area (Å²) in [7, 11) is 0. The third kappa shape index (κ3) is 2.15. The molecule has 0 saturated heterocycles. The Morgan fingerprint density at radius 1 is 1.09 bits per heavy atom. The first-order chi connectivity index (χ1) is 10.3. The van der Waals surface area contributed by atoms with Crippen LogP contribution in [0.1, 0.15) is 47.1 Å². The third-order valence-corrected chi connectivity index (χ3v) is 3.69. The highest BCUT2D eigenvalue weighted by Crippen LogP contribution is 2.32. The van der Waals surface area contributed by atoms with Crippen LogP contribution in [-0.4, -0.2) is 23.3 Å². The smallest absolute Gasteiger partial charge is 0.261 e. The summed E-state index contributed by atoms with van der Waals surface area (Å²) in [4.78, 5) is 26.7. The molecular weight excluding hydrogens is 276 g/mol. The van der Waals surface area contributed by atoms with E-state index in [-0.39, 0.29) is 17.2 Å². The molecule has 3 rings (SSSR count). The lowest BCUT2D eigenvalue weighted by Crippen LogP contribution is -2.44. The summed E-state index contributed by atoms with van der Waals surface area (Å²) in [5, 5.41) is 10.6. The van der Waals surface area contributed by atoms with Crippen molar-refractivity contribution >= 4 is 22.6 Å². The summed E-state index contributed by atoms with van der Waals surface area (Å²) in [6.07, 6.45) is 0. The van der Waals surface area contributed by atoms with Crippen LogP contribution < -0.4 is 0 Å². The summed E-state index contributed by atoms with van der Waals surface area (Å²) in [5.41, 5.74) is 1.20. The number of carbonyl (C=O) groups is 2. The fraction of sp³-hybridized carbons (Fsp3) is 0.278. The molecule has 2 aromatic carbocycles. The molecule has 0 unspecified atom stereocenters. The Kier molecular flexibility index (Phi) is 3.03. The Labute approximate surface area is 129 Å². The maximum atomic E-state index is 12.8. The Morgan fingerprint density at radius 3 is 2.41 bits per heavy atom. The van der Waals surface area contributed by atoms with Gasteiger partial charge in [-0.15, -0.1) is 0 Å². The number of benzene rings is 2. The van der Waals surface area contributed by atoms with Crippen LogP contribution in [0, 0.1) is 16.7 Å². The van der Waals surface area contributed by atoms with Crippen molar-refractivity contribution in [2.45, 2.75) is 20.8 Å². The number of nitrogens with zero attached hydrogens (tertiary/aromatic N) is 2. The highest BCUT2D eigenvalue weighted by atomic mass is 16.2. The second-order valence-corrected chi connectivity index (χ2v) is 6.80. The summed E-state index contributed by atoms with van der Waals surface area (Å²) in [6, 6.07) is 10.7. The number of imide groups is 1. The molecule has 0 fully saturated rings. The van der Waals surface area contributed by atoms with Crippen molar-refractivity contribution in [2.24, 2.45) is 5.41 Å². The molecule has 22 heavy (non-hydrogen) atoms. The maximum Gasteiger partial charge on any atom is 0.261 e. The van der Waals surface area contributed by atoms with E-state index in [2.05, 4.69) is 6.07 Å². The number of nitriles is 1. The number of hydrogen-bond acceptors (Lipinski definition) is 3. The first kappa shape index (κ1) is 14.3. The molecule has 0 bridgehead atoms. The number of carbonyl (C=O) groups excluding carboxylic acids is 2. The van der Waals surface area contributed by atoms with Gasteiger partial charge in [0.15, 0.2) is 0 Å². The molecule has 1 aliphatic rings. The van der Waals surface area contributed by atoms with Gasteiger partial charge in [-0.1, -0.05) is 32.9 Å². The van der Waals surface area contributed by atoms with Crippen molar-refractivity contribution in [3.8, 4) is 6.07 Å².